The molecule has 0 aromatic heterocycles. The third-order valence-corrected chi connectivity index (χ3v) is 4.95. The van der Waals surface area contributed by atoms with Crippen molar-refractivity contribution in [1.82, 2.24) is 5.32 Å². The molecule has 1 aromatic rings. The van der Waals surface area contributed by atoms with Crippen molar-refractivity contribution in [2.45, 2.75) is 56.9 Å². The van der Waals surface area contributed by atoms with E-state index in [0.717, 1.165) is 23.6 Å². The molecule has 2 saturated carbocycles. The van der Waals surface area contributed by atoms with Crippen LogP contribution >= 0.6 is 0 Å². The fourth-order valence-corrected chi connectivity index (χ4v) is 3.52. The van der Waals surface area contributed by atoms with Gasteiger partial charge in [0, 0.05) is 6.04 Å². The molecular formula is C18H27NO. The van der Waals surface area contributed by atoms with Gasteiger partial charge in [-0.1, -0.05) is 31.4 Å². The molecule has 0 amide bonds. The van der Waals surface area contributed by atoms with Crippen LogP contribution in [0.25, 0.3) is 0 Å². The van der Waals surface area contributed by atoms with Crippen LogP contribution in [0.15, 0.2) is 24.3 Å². The predicted molar refractivity (Wildman–Crippen MR) is 83.3 cm³/mol. The summed E-state index contributed by atoms with van der Waals surface area (Å²) in [5, 5.41) is 3.75. The SMILES string of the molecule is COc1ccc(C2CCCCCC2CNC2CC2)cc1. The molecule has 20 heavy (non-hydrogen) atoms. The van der Waals surface area contributed by atoms with E-state index in [1.54, 1.807) is 7.11 Å². The van der Waals surface area contributed by atoms with Crippen molar-refractivity contribution in [3.05, 3.63) is 29.8 Å². The molecule has 0 radical (unpaired) electrons. The van der Waals surface area contributed by atoms with Gasteiger partial charge in [-0.2, -0.15) is 0 Å². The molecule has 0 spiro atoms. The Morgan fingerprint density at radius 2 is 1.75 bits per heavy atom. The van der Waals surface area contributed by atoms with E-state index >= 15 is 0 Å². The molecule has 2 unspecified atom stereocenters. The maximum atomic E-state index is 5.28. The van der Waals surface area contributed by atoms with Crippen LogP contribution in [0.1, 0.15) is 56.4 Å². The molecule has 2 aliphatic rings. The molecule has 110 valence electrons. The zero-order chi connectivity index (χ0) is 13.8. The molecule has 0 saturated heterocycles. The minimum atomic E-state index is 0.731. The van der Waals surface area contributed by atoms with Crippen LogP contribution in [0.4, 0.5) is 0 Å². The van der Waals surface area contributed by atoms with Crippen molar-refractivity contribution in [2.24, 2.45) is 5.92 Å². The Morgan fingerprint density at radius 1 is 1.00 bits per heavy atom. The van der Waals surface area contributed by atoms with E-state index in [1.807, 2.05) is 0 Å². The minimum Gasteiger partial charge on any atom is -0.497 e. The van der Waals surface area contributed by atoms with Crippen LogP contribution in [-0.4, -0.2) is 19.7 Å². The molecule has 2 atom stereocenters. The van der Waals surface area contributed by atoms with Crippen molar-refractivity contribution in [1.29, 1.82) is 0 Å². The van der Waals surface area contributed by atoms with Crippen LogP contribution in [0.5, 0.6) is 5.75 Å². The van der Waals surface area contributed by atoms with E-state index in [9.17, 15) is 0 Å². The smallest absolute Gasteiger partial charge is 0.118 e. The lowest BCUT2D eigenvalue weighted by Crippen LogP contribution is -2.28. The van der Waals surface area contributed by atoms with Crippen molar-refractivity contribution in [3.63, 3.8) is 0 Å². The summed E-state index contributed by atoms with van der Waals surface area (Å²) in [5.41, 5.74) is 1.51. The highest BCUT2D eigenvalue weighted by atomic mass is 16.5. The Morgan fingerprint density at radius 3 is 2.45 bits per heavy atom. The van der Waals surface area contributed by atoms with E-state index in [-0.39, 0.29) is 0 Å². The van der Waals surface area contributed by atoms with Gasteiger partial charge in [0.05, 0.1) is 7.11 Å². The first-order chi connectivity index (χ1) is 9.86. The molecule has 1 N–H and O–H groups in total. The van der Waals surface area contributed by atoms with E-state index in [2.05, 4.69) is 29.6 Å². The molecule has 0 heterocycles. The third-order valence-electron chi connectivity index (χ3n) is 4.95. The number of hydrogen-bond acceptors (Lipinski definition) is 2. The normalized spacial score (nSPS) is 27.1. The highest BCUT2D eigenvalue weighted by Gasteiger charge is 2.28. The quantitative estimate of drug-likeness (QED) is 0.815. The van der Waals surface area contributed by atoms with Crippen LogP contribution < -0.4 is 10.1 Å². The van der Waals surface area contributed by atoms with Gasteiger partial charge in [-0.3, -0.25) is 0 Å². The zero-order valence-corrected chi connectivity index (χ0v) is 12.6. The molecule has 0 aliphatic heterocycles. The van der Waals surface area contributed by atoms with E-state index in [0.29, 0.717) is 0 Å². The topological polar surface area (TPSA) is 21.3 Å². The molecule has 2 fully saturated rings. The fraction of sp³-hybridized carbons (Fsp3) is 0.667. The molecule has 2 nitrogen and oxygen atoms in total. The first kappa shape index (κ1) is 13.9. The van der Waals surface area contributed by atoms with Crippen LogP contribution in [0, 0.1) is 5.92 Å². The highest BCUT2D eigenvalue weighted by molar-refractivity contribution is 5.30. The summed E-state index contributed by atoms with van der Waals surface area (Å²) >= 11 is 0. The third kappa shape index (κ3) is 3.54. The molecule has 3 rings (SSSR count). The first-order valence-electron chi connectivity index (χ1n) is 8.24. The number of nitrogens with one attached hydrogen (secondary N) is 1. The van der Waals surface area contributed by atoms with Crippen LogP contribution in [0.3, 0.4) is 0 Å². The summed E-state index contributed by atoms with van der Waals surface area (Å²) in [7, 11) is 1.74. The number of hydrogen-bond donors (Lipinski definition) is 1. The van der Waals surface area contributed by atoms with Crippen molar-refractivity contribution < 1.29 is 4.74 Å². The van der Waals surface area contributed by atoms with Crippen molar-refractivity contribution in [3.8, 4) is 5.75 Å². The Labute approximate surface area is 122 Å². The number of methoxy groups -OCH3 is 1. The zero-order valence-electron chi connectivity index (χ0n) is 12.6. The van der Waals surface area contributed by atoms with Gasteiger partial charge in [-0.25, -0.2) is 0 Å². The Hall–Kier alpha value is -1.02. The molecule has 1 aromatic carbocycles. The predicted octanol–water partition coefficient (Wildman–Crippen LogP) is 4.11. The van der Waals surface area contributed by atoms with E-state index in [1.165, 1.54) is 57.1 Å². The molecular weight excluding hydrogens is 246 g/mol. The number of ether oxygens (including phenoxy) is 1. The second-order valence-corrected chi connectivity index (χ2v) is 6.46. The summed E-state index contributed by atoms with van der Waals surface area (Å²) < 4.78 is 5.28. The van der Waals surface area contributed by atoms with Crippen molar-refractivity contribution >= 4 is 0 Å². The molecule has 0 bridgehead atoms. The fourth-order valence-electron chi connectivity index (χ4n) is 3.52. The van der Waals surface area contributed by atoms with Gasteiger partial charge in [-0.05, 0) is 61.8 Å². The number of rotatable bonds is 5. The lowest BCUT2D eigenvalue weighted by Gasteiger charge is -2.26. The standard InChI is InChI=1S/C18H27NO/c1-20-17-11-7-14(8-12-17)18-6-4-2-3-5-15(18)13-19-16-9-10-16/h7-8,11-12,15-16,18-19H,2-6,9-10,13H2,1H3. The molecule has 2 heteroatoms. The van der Waals surface area contributed by atoms with Gasteiger partial charge in [0.25, 0.3) is 0 Å². The summed E-state index contributed by atoms with van der Waals surface area (Å²) in [6, 6.07) is 9.62. The van der Waals surface area contributed by atoms with Gasteiger partial charge in [-0.15, -0.1) is 0 Å². The average Bonchev–Trinajstić information content (AvgIpc) is 3.32. The summed E-state index contributed by atoms with van der Waals surface area (Å²) in [5.74, 6) is 2.51. The monoisotopic (exact) mass is 273 g/mol. The summed E-state index contributed by atoms with van der Waals surface area (Å²) in [6.07, 6.45) is 9.71. The van der Waals surface area contributed by atoms with Gasteiger partial charge in [0.15, 0.2) is 0 Å². The van der Waals surface area contributed by atoms with Crippen LogP contribution in [-0.2, 0) is 0 Å². The van der Waals surface area contributed by atoms with E-state index < -0.39 is 0 Å². The summed E-state index contributed by atoms with van der Waals surface area (Å²) in [6.45, 7) is 1.21. The Balaban J connectivity index is 1.70. The minimum absolute atomic E-state index is 0.731. The average molecular weight is 273 g/mol. The van der Waals surface area contributed by atoms with Gasteiger partial charge >= 0.3 is 0 Å². The van der Waals surface area contributed by atoms with E-state index in [4.69, 9.17) is 4.74 Å². The lowest BCUT2D eigenvalue weighted by molar-refractivity contribution is 0.373. The van der Waals surface area contributed by atoms with Gasteiger partial charge in [0.1, 0.15) is 5.75 Å². The second kappa shape index (κ2) is 6.62. The Bertz CT molecular complexity index is 410. The Kier molecular flexibility index (Phi) is 4.62. The first-order valence-corrected chi connectivity index (χ1v) is 8.24. The summed E-state index contributed by atoms with van der Waals surface area (Å²) in [4.78, 5) is 0. The van der Waals surface area contributed by atoms with Gasteiger partial charge in [0.2, 0.25) is 0 Å². The van der Waals surface area contributed by atoms with Crippen LogP contribution in [0.2, 0.25) is 0 Å². The second-order valence-electron chi connectivity index (χ2n) is 6.46. The highest BCUT2D eigenvalue weighted by Crippen LogP contribution is 2.37. The maximum Gasteiger partial charge on any atom is 0.118 e. The maximum absolute atomic E-state index is 5.28. The largest absolute Gasteiger partial charge is 0.497 e. The van der Waals surface area contributed by atoms with Gasteiger partial charge < -0.3 is 10.1 Å². The molecule has 2 aliphatic carbocycles. The lowest BCUT2D eigenvalue weighted by atomic mass is 9.82. The number of benzene rings is 1. The van der Waals surface area contributed by atoms with Crippen molar-refractivity contribution in [2.75, 3.05) is 13.7 Å².